The molecule has 1 aromatic carbocycles. The van der Waals surface area contributed by atoms with E-state index in [9.17, 15) is 39.8 Å². The number of hydrogen-bond acceptors (Lipinski definition) is 10. The predicted octanol–water partition coefficient (Wildman–Crippen LogP) is 1.12. The third kappa shape index (κ3) is 3.30. The van der Waals surface area contributed by atoms with Crippen LogP contribution < -0.4 is 10.1 Å². The van der Waals surface area contributed by atoms with Crippen molar-refractivity contribution in [2.75, 3.05) is 0 Å². The lowest BCUT2D eigenvalue weighted by Crippen LogP contribution is -2.91. The van der Waals surface area contributed by atoms with E-state index in [1.165, 1.54) is 24.3 Å². The minimum Gasteiger partial charge on any atom is -0.423 e. The van der Waals surface area contributed by atoms with E-state index in [0.29, 0.717) is 10.9 Å². The van der Waals surface area contributed by atoms with Crippen LogP contribution in [0.25, 0.3) is 11.0 Å². The molecule has 0 aliphatic heterocycles. The van der Waals surface area contributed by atoms with Gasteiger partial charge in [-0.2, -0.15) is 0 Å². The van der Waals surface area contributed by atoms with Crippen LogP contribution in [-0.2, 0) is 9.09 Å². The maximum absolute atomic E-state index is 13.1. The van der Waals surface area contributed by atoms with Crippen LogP contribution in [0.2, 0.25) is 0 Å². The molecule has 0 radical (unpaired) electrons. The van der Waals surface area contributed by atoms with Crippen LogP contribution in [0.3, 0.4) is 0 Å². The van der Waals surface area contributed by atoms with E-state index in [4.69, 9.17) is 13.5 Å². The summed E-state index contributed by atoms with van der Waals surface area (Å²) in [6, 6.07) is 5.28. The van der Waals surface area contributed by atoms with Gasteiger partial charge in [0.15, 0.2) is 0 Å². The molecule has 5 unspecified atom stereocenters. The fourth-order valence-electron chi connectivity index (χ4n) is 4.75. The molecule has 1 fully saturated rings. The van der Waals surface area contributed by atoms with E-state index in [1.54, 1.807) is 6.92 Å². The molecule has 190 valence electrons. The summed E-state index contributed by atoms with van der Waals surface area (Å²) >= 11 is 0. The zero-order chi connectivity index (χ0) is 26.3. The van der Waals surface area contributed by atoms with E-state index in [-0.39, 0.29) is 11.3 Å². The zero-order valence-corrected chi connectivity index (χ0v) is 20.9. The Hall–Kier alpha value is -1.82. The van der Waals surface area contributed by atoms with Crippen molar-refractivity contribution in [3.8, 4) is 5.75 Å². The summed E-state index contributed by atoms with van der Waals surface area (Å²) in [4.78, 5) is 22.2. The quantitative estimate of drug-likeness (QED) is 0.260. The van der Waals surface area contributed by atoms with E-state index < -0.39 is 47.1 Å². The van der Waals surface area contributed by atoms with Crippen molar-refractivity contribution in [1.82, 2.24) is 0 Å². The minimum absolute atomic E-state index is 0.0762. The minimum atomic E-state index is -5.21. The molecule has 0 spiro atoms. The molecule has 1 aliphatic carbocycles. The van der Waals surface area contributed by atoms with E-state index in [2.05, 4.69) is 0 Å². The molecule has 2 aromatic rings. The maximum atomic E-state index is 13.1. The molecule has 1 aromatic heterocycles. The summed E-state index contributed by atoms with van der Waals surface area (Å²) in [7, 11) is -5.21. The van der Waals surface area contributed by atoms with Gasteiger partial charge in [-0.1, -0.05) is 0 Å². The largest absolute Gasteiger partial charge is 0.528 e. The number of aryl methyl sites for hydroxylation is 1. The highest BCUT2D eigenvalue weighted by atomic mass is 31.2. The summed E-state index contributed by atoms with van der Waals surface area (Å²) < 4.78 is 28.5. The zero-order valence-electron chi connectivity index (χ0n) is 20.0. The summed E-state index contributed by atoms with van der Waals surface area (Å²) in [5.74, 6) is -0.240. The summed E-state index contributed by atoms with van der Waals surface area (Å²) in [5, 5.41) is 56.3. The third-order valence-electron chi connectivity index (χ3n) is 8.09. The first-order valence-electron chi connectivity index (χ1n) is 10.5. The van der Waals surface area contributed by atoms with Gasteiger partial charge in [0.1, 0.15) is 44.9 Å². The molecule has 1 saturated carbocycles. The molecule has 5 atom stereocenters. The van der Waals surface area contributed by atoms with Gasteiger partial charge < -0.3 is 34.5 Å². The normalized spacial score (nSPS) is 42.4. The van der Waals surface area contributed by atoms with Gasteiger partial charge in [-0.15, -0.1) is 0 Å². The van der Waals surface area contributed by atoms with Crippen LogP contribution in [0.1, 0.15) is 47.1 Å². The van der Waals surface area contributed by atoms with Crippen molar-refractivity contribution in [3.63, 3.8) is 0 Å². The number of phosphoric ester groups is 1. The fraction of sp³-hybridized carbons (Fsp3) is 0.591. The van der Waals surface area contributed by atoms with Crippen LogP contribution in [0, 0.1) is 6.92 Å². The first kappa shape index (κ1) is 26.8. The Balaban J connectivity index is 2.08. The monoisotopic (exact) mass is 502 g/mol. The Labute approximate surface area is 195 Å². The highest BCUT2D eigenvalue weighted by Gasteiger charge is 2.82. The van der Waals surface area contributed by atoms with Crippen molar-refractivity contribution in [1.29, 1.82) is 0 Å². The van der Waals surface area contributed by atoms with E-state index in [0.717, 1.165) is 41.5 Å². The van der Waals surface area contributed by atoms with Crippen LogP contribution in [-0.4, -0.2) is 64.0 Å². The Morgan fingerprint density at radius 2 is 1.29 bits per heavy atom. The molecule has 0 saturated heterocycles. The lowest BCUT2D eigenvalue weighted by molar-refractivity contribution is -0.412. The number of benzene rings is 1. The Morgan fingerprint density at radius 1 is 0.824 bits per heavy atom. The van der Waals surface area contributed by atoms with Gasteiger partial charge >= 0.3 is 13.4 Å². The van der Waals surface area contributed by atoms with Crippen LogP contribution in [0.15, 0.2) is 33.5 Å². The van der Waals surface area contributed by atoms with Gasteiger partial charge in [-0.05, 0) is 66.2 Å². The number of fused-ring (bicyclic) bond motifs is 1. The van der Waals surface area contributed by atoms with E-state index >= 15 is 0 Å². The highest BCUT2D eigenvalue weighted by molar-refractivity contribution is 7.47. The summed E-state index contributed by atoms with van der Waals surface area (Å²) in [5.41, 5.74) is -15.4. The molecule has 1 aliphatic rings. The molecule has 6 N–H and O–H groups in total. The van der Waals surface area contributed by atoms with Gasteiger partial charge in [0.2, 0.25) is 0 Å². The first-order valence-corrected chi connectivity index (χ1v) is 11.9. The summed E-state index contributed by atoms with van der Waals surface area (Å²) in [6.45, 7) is 7.65. The molecule has 0 bridgehead atoms. The predicted molar refractivity (Wildman–Crippen MR) is 120 cm³/mol. The Bertz CT molecular complexity index is 1210. The molecule has 34 heavy (non-hydrogen) atoms. The van der Waals surface area contributed by atoms with Gasteiger partial charge in [0, 0.05) is 17.5 Å². The second kappa shape index (κ2) is 7.35. The number of aliphatic hydroxyl groups is 5. The topological polar surface area (TPSA) is 187 Å². The molecule has 1 heterocycles. The Morgan fingerprint density at radius 3 is 1.79 bits per heavy atom. The molecular formula is C22H31O11P. The molecule has 11 nitrogen and oxygen atoms in total. The second-order valence-electron chi connectivity index (χ2n) is 9.95. The fourth-order valence-corrected chi connectivity index (χ4v) is 5.98. The van der Waals surface area contributed by atoms with E-state index in [1.807, 2.05) is 0 Å². The Kier molecular flexibility index (Phi) is 5.79. The van der Waals surface area contributed by atoms with Gasteiger partial charge in [-0.3, -0.25) is 9.42 Å². The second-order valence-corrected chi connectivity index (χ2v) is 11.3. The average Bonchev–Trinajstić information content (AvgIpc) is 2.65. The van der Waals surface area contributed by atoms with Gasteiger partial charge in [-0.25, -0.2) is 9.36 Å². The van der Waals surface area contributed by atoms with Gasteiger partial charge in [0.25, 0.3) is 0 Å². The molecule has 0 amide bonds. The van der Waals surface area contributed by atoms with Crippen molar-refractivity contribution >= 4 is 18.8 Å². The first-order chi connectivity index (χ1) is 15.1. The van der Waals surface area contributed by atoms with Crippen LogP contribution >= 0.6 is 7.82 Å². The van der Waals surface area contributed by atoms with Crippen molar-refractivity contribution in [2.45, 2.75) is 82.1 Å². The maximum Gasteiger partial charge on any atom is 0.528 e. The van der Waals surface area contributed by atoms with Crippen molar-refractivity contribution < 1.29 is 48.5 Å². The number of hydrogen-bond donors (Lipinski definition) is 6. The van der Waals surface area contributed by atoms with Gasteiger partial charge in [0.05, 0.1) is 0 Å². The van der Waals surface area contributed by atoms with Crippen molar-refractivity contribution in [3.05, 3.63) is 40.2 Å². The standard InChI is InChI=1S/C22H31O11P/c1-12-10-16(23)31-15-11-13(8-9-14(12)15)32-34(29,30)33-22(7)20(5,27)18(3,25)17(2,24)19(4,26)21(22,6)28/h8-11,24-28H,1-7H3,(H,29,30). The number of rotatable bonds is 4. The molecule has 12 heteroatoms. The van der Waals surface area contributed by atoms with Crippen molar-refractivity contribution in [2.24, 2.45) is 0 Å². The SMILES string of the molecule is Cc1cc(=O)oc2cc(OP(=O)(O)OC3(C)C(C)(O)C(C)(O)C(C)(O)C(C)(O)C3(C)O)ccc12. The summed E-state index contributed by atoms with van der Waals surface area (Å²) in [6.07, 6.45) is 0. The highest BCUT2D eigenvalue weighted by Crippen LogP contribution is 2.63. The average molecular weight is 502 g/mol. The number of phosphoric acid groups is 1. The third-order valence-corrected chi connectivity index (χ3v) is 9.13. The lowest BCUT2D eigenvalue weighted by atomic mass is 9.47. The molecular weight excluding hydrogens is 471 g/mol. The molecule has 3 rings (SSSR count). The van der Waals surface area contributed by atoms with Crippen LogP contribution in [0.4, 0.5) is 0 Å². The van der Waals surface area contributed by atoms with Crippen LogP contribution in [0.5, 0.6) is 5.75 Å². The smallest absolute Gasteiger partial charge is 0.423 e. The lowest BCUT2D eigenvalue weighted by Gasteiger charge is -2.69.